The molecule has 1 heterocycles. The van der Waals surface area contributed by atoms with Crippen molar-refractivity contribution >= 4 is 23.9 Å². The molecule has 1 aliphatic rings. The van der Waals surface area contributed by atoms with Crippen LogP contribution in [-0.2, 0) is 47.6 Å². The Morgan fingerprint density at radius 3 is 1.30 bits per heavy atom. The van der Waals surface area contributed by atoms with Crippen LogP contribution >= 0.6 is 0 Å². The Morgan fingerprint density at radius 2 is 0.886 bits per heavy atom. The fraction of sp³-hybridized carbons (Fsp3) is 0.882. The monoisotopic (exact) mass is 628 g/mol. The Kier molecular flexibility index (Phi) is 22.7. The lowest BCUT2D eigenvalue weighted by Crippen LogP contribution is -2.63. The molecule has 5 atom stereocenters. The average Bonchev–Trinajstić information content (AvgIpc) is 2.95. The first kappa shape index (κ1) is 39.8. The van der Waals surface area contributed by atoms with Crippen molar-refractivity contribution in [1.29, 1.82) is 0 Å². The fourth-order valence-electron chi connectivity index (χ4n) is 5.53. The zero-order valence-electron chi connectivity index (χ0n) is 28.1. The van der Waals surface area contributed by atoms with Crippen molar-refractivity contribution in [3.63, 3.8) is 0 Å². The normalized spacial score (nSPS) is 21.4. The second-order valence-electron chi connectivity index (χ2n) is 11.9. The van der Waals surface area contributed by atoms with Crippen LogP contribution in [0.2, 0.25) is 0 Å². The van der Waals surface area contributed by atoms with E-state index in [2.05, 4.69) is 6.92 Å². The summed E-state index contributed by atoms with van der Waals surface area (Å²) in [6, 6.07) is 0. The molecule has 1 rings (SSSR count). The maximum Gasteiger partial charge on any atom is 0.303 e. The number of unbranched alkanes of at least 4 members (excludes halogenated alkanes) is 17. The van der Waals surface area contributed by atoms with E-state index in [9.17, 15) is 19.2 Å². The molecule has 5 unspecified atom stereocenters. The van der Waals surface area contributed by atoms with Crippen molar-refractivity contribution in [2.75, 3.05) is 13.2 Å². The molecule has 10 heteroatoms. The van der Waals surface area contributed by atoms with E-state index in [-0.39, 0.29) is 6.61 Å². The molecule has 0 N–H and O–H groups in total. The van der Waals surface area contributed by atoms with Crippen molar-refractivity contribution in [3.05, 3.63) is 0 Å². The molecule has 256 valence electrons. The van der Waals surface area contributed by atoms with Gasteiger partial charge in [-0.3, -0.25) is 19.2 Å². The molecule has 0 aromatic rings. The third-order valence-corrected chi connectivity index (χ3v) is 7.73. The molecule has 0 aromatic carbocycles. The Balaban J connectivity index is 2.37. The molecule has 44 heavy (non-hydrogen) atoms. The average molecular weight is 629 g/mol. The molecule has 1 fully saturated rings. The smallest absolute Gasteiger partial charge is 0.303 e. The van der Waals surface area contributed by atoms with Gasteiger partial charge in [0.15, 0.2) is 24.6 Å². The SMILES string of the molecule is CCCCCCCCCCCCCCCCCCCCOC1OC(COC(C)=O)C(OC(C)=O)C(OC(C)=O)C1OC(C)=O. The fourth-order valence-corrected chi connectivity index (χ4v) is 5.53. The molecule has 1 aliphatic heterocycles. The van der Waals surface area contributed by atoms with Crippen LogP contribution in [0.15, 0.2) is 0 Å². The Labute approximate surface area is 265 Å². The summed E-state index contributed by atoms with van der Waals surface area (Å²) in [4.78, 5) is 47.1. The van der Waals surface area contributed by atoms with Gasteiger partial charge in [0.1, 0.15) is 12.7 Å². The number of carbonyl (C=O) groups is 4. The molecule has 0 aliphatic carbocycles. The zero-order valence-corrected chi connectivity index (χ0v) is 28.1. The van der Waals surface area contributed by atoms with Gasteiger partial charge in [0.25, 0.3) is 0 Å². The summed E-state index contributed by atoms with van der Waals surface area (Å²) >= 11 is 0. The van der Waals surface area contributed by atoms with Crippen molar-refractivity contribution in [1.82, 2.24) is 0 Å². The van der Waals surface area contributed by atoms with E-state index in [0.717, 1.165) is 19.3 Å². The summed E-state index contributed by atoms with van der Waals surface area (Å²) < 4.78 is 33.3. The van der Waals surface area contributed by atoms with Crippen LogP contribution in [-0.4, -0.2) is 67.8 Å². The van der Waals surface area contributed by atoms with Crippen LogP contribution in [0.5, 0.6) is 0 Å². The number of hydrogen-bond donors (Lipinski definition) is 0. The largest absolute Gasteiger partial charge is 0.463 e. The van der Waals surface area contributed by atoms with E-state index in [4.69, 9.17) is 28.4 Å². The van der Waals surface area contributed by atoms with Gasteiger partial charge in [0.2, 0.25) is 0 Å². The summed E-state index contributed by atoms with van der Waals surface area (Å²) in [5, 5.41) is 0. The first-order chi connectivity index (χ1) is 21.1. The third-order valence-electron chi connectivity index (χ3n) is 7.73. The molecule has 0 radical (unpaired) electrons. The van der Waals surface area contributed by atoms with Gasteiger partial charge in [-0.15, -0.1) is 0 Å². The molecule has 0 amide bonds. The first-order valence-corrected chi connectivity index (χ1v) is 17.1. The molecule has 0 bridgehead atoms. The van der Waals surface area contributed by atoms with E-state index in [1.807, 2.05) is 0 Å². The predicted octanol–water partition coefficient (Wildman–Crippen LogP) is 7.13. The highest BCUT2D eigenvalue weighted by Crippen LogP contribution is 2.30. The van der Waals surface area contributed by atoms with E-state index >= 15 is 0 Å². The molecule has 0 spiro atoms. The van der Waals surface area contributed by atoms with Crippen LogP contribution in [0.3, 0.4) is 0 Å². The second-order valence-corrected chi connectivity index (χ2v) is 11.9. The van der Waals surface area contributed by atoms with Gasteiger partial charge >= 0.3 is 23.9 Å². The van der Waals surface area contributed by atoms with Crippen molar-refractivity contribution in [2.24, 2.45) is 0 Å². The molecule has 10 nitrogen and oxygen atoms in total. The summed E-state index contributed by atoms with van der Waals surface area (Å²) in [6.45, 7) is 7.16. The number of ether oxygens (including phenoxy) is 6. The second kappa shape index (κ2) is 25.0. The van der Waals surface area contributed by atoms with Gasteiger partial charge in [-0.1, -0.05) is 116 Å². The molecular formula is C34H60O10. The van der Waals surface area contributed by atoms with E-state index in [1.54, 1.807) is 0 Å². The van der Waals surface area contributed by atoms with Crippen LogP contribution in [0.25, 0.3) is 0 Å². The number of rotatable bonds is 25. The minimum absolute atomic E-state index is 0.267. The molecule has 0 aromatic heterocycles. The number of carbonyl (C=O) groups excluding carboxylic acids is 4. The lowest BCUT2D eigenvalue weighted by Gasteiger charge is -2.44. The molecular weight excluding hydrogens is 568 g/mol. The van der Waals surface area contributed by atoms with E-state index in [1.165, 1.54) is 124 Å². The predicted molar refractivity (Wildman–Crippen MR) is 167 cm³/mol. The summed E-state index contributed by atoms with van der Waals surface area (Å²) in [7, 11) is 0. The highest BCUT2D eigenvalue weighted by molar-refractivity contribution is 5.68. The maximum atomic E-state index is 11.9. The van der Waals surface area contributed by atoms with E-state index in [0.29, 0.717) is 6.61 Å². The van der Waals surface area contributed by atoms with Crippen LogP contribution in [0.1, 0.15) is 150 Å². The lowest BCUT2D eigenvalue weighted by molar-refractivity contribution is -0.308. The molecule has 1 saturated heterocycles. The van der Waals surface area contributed by atoms with Crippen LogP contribution in [0.4, 0.5) is 0 Å². The Morgan fingerprint density at radius 1 is 0.500 bits per heavy atom. The van der Waals surface area contributed by atoms with Gasteiger partial charge in [-0.05, 0) is 6.42 Å². The maximum absolute atomic E-state index is 11.9. The van der Waals surface area contributed by atoms with Crippen molar-refractivity contribution in [2.45, 2.75) is 181 Å². The van der Waals surface area contributed by atoms with Gasteiger partial charge in [-0.25, -0.2) is 0 Å². The number of hydrogen-bond acceptors (Lipinski definition) is 10. The van der Waals surface area contributed by atoms with E-state index < -0.39 is 54.6 Å². The highest BCUT2D eigenvalue weighted by atomic mass is 16.7. The van der Waals surface area contributed by atoms with Crippen molar-refractivity contribution < 1.29 is 47.6 Å². The lowest BCUT2D eigenvalue weighted by atomic mass is 9.98. The minimum Gasteiger partial charge on any atom is -0.463 e. The van der Waals surface area contributed by atoms with Crippen molar-refractivity contribution in [3.8, 4) is 0 Å². The third kappa shape index (κ3) is 19.2. The topological polar surface area (TPSA) is 124 Å². The molecule has 0 saturated carbocycles. The van der Waals surface area contributed by atoms with Crippen LogP contribution in [0, 0.1) is 0 Å². The summed E-state index contributed by atoms with van der Waals surface area (Å²) in [6.07, 6.45) is 17.3. The number of esters is 4. The summed E-state index contributed by atoms with van der Waals surface area (Å²) in [5.74, 6) is -2.53. The van der Waals surface area contributed by atoms with Gasteiger partial charge in [-0.2, -0.15) is 0 Å². The standard InChI is InChI=1S/C34H60O10/c1-6-7-8-9-10-11-12-13-14-15-16-17-18-19-20-21-22-23-24-39-34-33(43-29(5)38)32(42-28(4)37)31(41-27(3)36)30(44-34)25-40-26(2)35/h30-34H,6-25H2,1-5H3. The Hall–Kier alpha value is -2.20. The van der Waals surface area contributed by atoms with Gasteiger partial charge in [0.05, 0.1) is 0 Å². The first-order valence-electron chi connectivity index (χ1n) is 17.1. The van der Waals surface area contributed by atoms with Gasteiger partial charge < -0.3 is 28.4 Å². The summed E-state index contributed by atoms with van der Waals surface area (Å²) in [5.41, 5.74) is 0. The van der Waals surface area contributed by atoms with Crippen LogP contribution < -0.4 is 0 Å². The Bertz CT molecular complexity index is 801. The van der Waals surface area contributed by atoms with Gasteiger partial charge in [0, 0.05) is 34.3 Å². The minimum atomic E-state index is -1.21. The zero-order chi connectivity index (χ0) is 32.6. The quantitative estimate of drug-likeness (QED) is 0.0586. The highest BCUT2D eigenvalue weighted by Gasteiger charge is 2.52.